The Hall–Kier alpha value is -2.88. The number of carbonyl (C=O) groups is 1. The number of hydrogen-bond acceptors (Lipinski definition) is 5. The summed E-state index contributed by atoms with van der Waals surface area (Å²) in [7, 11) is 0. The van der Waals surface area contributed by atoms with Crippen molar-refractivity contribution >= 4 is 17.3 Å². The third-order valence-corrected chi connectivity index (χ3v) is 3.34. The minimum absolute atomic E-state index is 0.0716. The van der Waals surface area contributed by atoms with Gasteiger partial charge in [0.2, 0.25) is 0 Å². The van der Waals surface area contributed by atoms with Gasteiger partial charge in [0, 0.05) is 25.4 Å². The molecular formula is C17H22N4O3. The van der Waals surface area contributed by atoms with Crippen LogP contribution in [0.1, 0.15) is 33.1 Å². The summed E-state index contributed by atoms with van der Waals surface area (Å²) in [4.78, 5) is 24.6. The number of amides is 1. The maximum atomic E-state index is 12.3. The molecule has 1 aromatic rings. The van der Waals surface area contributed by atoms with E-state index < -0.39 is 10.8 Å². The highest BCUT2D eigenvalue weighted by molar-refractivity contribution is 6.07. The molecule has 0 aliphatic carbocycles. The number of rotatable bonds is 9. The molecule has 0 fully saturated rings. The predicted molar refractivity (Wildman–Crippen MR) is 92.2 cm³/mol. The van der Waals surface area contributed by atoms with Gasteiger partial charge in [-0.1, -0.05) is 32.4 Å². The first-order chi connectivity index (χ1) is 11.5. The van der Waals surface area contributed by atoms with Crippen LogP contribution in [-0.4, -0.2) is 28.8 Å². The van der Waals surface area contributed by atoms with Crippen LogP contribution >= 0.6 is 0 Å². The van der Waals surface area contributed by atoms with Gasteiger partial charge < -0.3 is 10.2 Å². The van der Waals surface area contributed by atoms with Gasteiger partial charge in [0.05, 0.1) is 4.92 Å². The molecule has 7 nitrogen and oxygen atoms in total. The highest BCUT2D eigenvalue weighted by Crippen LogP contribution is 2.23. The van der Waals surface area contributed by atoms with Crippen molar-refractivity contribution < 1.29 is 9.72 Å². The lowest BCUT2D eigenvalue weighted by Crippen LogP contribution is -2.23. The third-order valence-electron chi connectivity index (χ3n) is 3.34. The minimum Gasteiger partial charge on any atom is -0.376 e. The van der Waals surface area contributed by atoms with Gasteiger partial charge in [0.15, 0.2) is 0 Å². The third kappa shape index (κ3) is 5.72. The first-order valence-electron chi connectivity index (χ1n) is 7.94. The molecule has 7 heteroatoms. The smallest absolute Gasteiger partial charge is 0.292 e. The average Bonchev–Trinajstić information content (AvgIpc) is 2.57. The van der Waals surface area contributed by atoms with E-state index in [1.165, 1.54) is 24.4 Å². The molecule has 0 spiro atoms. The lowest BCUT2D eigenvalue weighted by atomic mass is 10.2. The van der Waals surface area contributed by atoms with Gasteiger partial charge in [-0.2, -0.15) is 5.26 Å². The number of nitro benzene ring substituents is 1. The van der Waals surface area contributed by atoms with Crippen molar-refractivity contribution in [3.63, 3.8) is 0 Å². The second kappa shape index (κ2) is 10.0. The van der Waals surface area contributed by atoms with Gasteiger partial charge in [-0.25, -0.2) is 0 Å². The van der Waals surface area contributed by atoms with Gasteiger partial charge in [-0.05, 0) is 18.9 Å². The molecular weight excluding hydrogens is 308 g/mol. The molecule has 1 rings (SSSR count). The fourth-order valence-electron chi connectivity index (χ4n) is 2.14. The van der Waals surface area contributed by atoms with Gasteiger partial charge in [-0.15, -0.1) is 0 Å². The van der Waals surface area contributed by atoms with Crippen LogP contribution in [0, 0.1) is 21.4 Å². The molecule has 128 valence electrons. The summed E-state index contributed by atoms with van der Waals surface area (Å²) in [5, 5.41) is 22.7. The van der Waals surface area contributed by atoms with Crippen molar-refractivity contribution in [3.8, 4) is 6.07 Å². The van der Waals surface area contributed by atoms with Gasteiger partial charge in [-0.3, -0.25) is 14.9 Å². The lowest BCUT2D eigenvalue weighted by Gasteiger charge is -2.19. The molecule has 0 atom stereocenters. The Labute approximate surface area is 141 Å². The topological polar surface area (TPSA) is 99.3 Å². The monoisotopic (exact) mass is 330 g/mol. The normalized spacial score (nSPS) is 10.8. The van der Waals surface area contributed by atoms with E-state index in [1.807, 2.05) is 17.9 Å². The van der Waals surface area contributed by atoms with Crippen molar-refractivity contribution in [2.45, 2.75) is 33.1 Å². The number of nitro groups is 1. The van der Waals surface area contributed by atoms with E-state index in [0.717, 1.165) is 32.4 Å². The summed E-state index contributed by atoms with van der Waals surface area (Å²) < 4.78 is 0. The molecule has 1 N–H and O–H groups in total. The Bertz CT molecular complexity index is 649. The zero-order chi connectivity index (χ0) is 17.9. The molecule has 0 saturated heterocycles. The number of benzene rings is 1. The molecule has 0 aromatic heterocycles. The second-order valence-electron chi connectivity index (χ2n) is 5.27. The molecule has 0 unspecified atom stereocenters. The minimum atomic E-state index is -0.649. The number of hydrogen-bond donors (Lipinski definition) is 1. The Balaban J connectivity index is 2.95. The standard InChI is InChI=1S/C17H22N4O3/c1-3-5-11-20(10-4-2)13-14(12-18)17(22)19-15-8-6-7-9-16(15)21(23)24/h6-9,13H,3-5,10-11H2,1-2H3,(H,19,22)/b14-13-. The van der Waals surface area contributed by atoms with Crippen molar-refractivity contribution in [1.29, 1.82) is 5.26 Å². The van der Waals surface area contributed by atoms with Crippen LogP contribution in [0.25, 0.3) is 0 Å². The Kier molecular flexibility index (Phi) is 7.99. The van der Waals surface area contributed by atoms with E-state index in [4.69, 9.17) is 0 Å². The lowest BCUT2D eigenvalue weighted by molar-refractivity contribution is -0.383. The van der Waals surface area contributed by atoms with Crippen LogP contribution in [-0.2, 0) is 4.79 Å². The number of unbranched alkanes of at least 4 members (excludes halogenated alkanes) is 1. The van der Waals surface area contributed by atoms with Crippen molar-refractivity contribution in [2.24, 2.45) is 0 Å². The summed E-state index contributed by atoms with van der Waals surface area (Å²) in [6, 6.07) is 7.71. The maximum absolute atomic E-state index is 12.3. The molecule has 1 amide bonds. The van der Waals surface area contributed by atoms with Crippen LogP contribution in [0.3, 0.4) is 0 Å². The second-order valence-corrected chi connectivity index (χ2v) is 5.27. The van der Waals surface area contributed by atoms with E-state index >= 15 is 0 Å². The number of para-hydroxylation sites is 2. The van der Waals surface area contributed by atoms with Crippen LogP contribution in [0.5, 0.6) is 0 Å². The van der Waals surface area contributed by atoms with Crippen LogP contribution < -0.4 is 5.32 Å². The van der Waals surface area contributed by atoms with Crippen LogP contribution in [0.15, 0.2) is 36.0 Å². The number of nitriles is 1. The Morgan fingerprint density at radius 2 is 2.04 bits per heavy atom. The number of anilines is 1. The van der Waals surface area contributed by atoms with E-state index in [9.17, 15) is 20.2 Å². The van der Waals surface area contributed by atoms with E-state index in [-0.39, 0.29) is 16.9 Å². The zero-order valence-electron chi connectivity index (χ0n) is 14.0. The van der Waals surface area contributed by atoms with E-state index in [1.54, 1.807) is 6.07 Å². The van der Waals surface area contributed by atoms with Crippen molar-refractivity contribution in [1.82, 2.24) is 4.90 Å². The van der Waals surface area contributed by atoms with Gasteiger partial charge in [0.1, 0.15) is 17.3 Å². The molecule has 24 heavy (non-hydrogen) atoms. The summed E-state index contributed by atoms with van der Waals surface area (Å²) >= 11 is 0. The molecule has 0 bridgehead atoms. The van der Waals surface area contributed by atoms with E-state index in [0.29, 0.717) is 0 Å². The summed E-state index contributed by atoms with van der Waals surface area (Å²) in [6.45, 7) is 5.59. The Morgan fingerprint density at radius 1 is 1.33 bits per heavy atom. The van der Waals surface area contributed by atoms with Crippen LogP contribution in [0.4, 0.5) is 11.4 Å². The molecule has 0 radical (unpaired) electrons. The molecule has 0 aliphatic heterocycles. The molecule has 0 aliphatic rings. The largest absolute Gasteiger partial charge is 0.376 e. The van der Waals surface area contributed by atoms with Gasteiger partial charge in [0.25, 0.3) is 11.6 Å². The SMILES string of the molecule is CCCCN(/C=C(/C#N)C(=O)Nc1ccccc1[N+](=O)[O-])CCC. The number of nitrogens with one attached hydrogen (secondary N) is 1. The first kappa shape index (κ1) is 19.2. The van der Waals surface area contributed by atoms with Gasteiger partial charge >= 0.3 is 0 Å². The predicted octanol–water partition coefficient (Wildman–Crippen LogP) is 3.45. The fourth-order valence-corrected chi connectivity index (χ4v) is 2.14. The maximum Gasteiger partial charge on any atom is 0.292 e. The van der Waals surface area contributed by atoms with Crippen LogP contribution in [0.2, 0.25) is 0 Å². The summed E-state index contributed by atoms with van der Waals surface area (Å²) in [5.41, 5.74) is -0.207. The molecule has 1 aromatic carbocycles. The highest BCUT2D eigenvalue weighted by Gasteiger charge is 2.17. The molecule has 0 heterocycles. The van der Waals surface area contributed by atoms with Crippen molar-refractivity contribution in [2.75, 3.05) is 18.4 Å². The molecule has 0 saturated carbocycles. The van der Waals surface area contributed by atoms with Crippen molar-refractivity contribution in [3.05, 3.63) is 46.2 Å². The fraction of sp³-hybridized carbons (Fsp3) is 0.412. The summed E-state index contributed by atoms with van der Waals surface area (Å²) in [5.74, 6) is -0.649. The number of carbonyl (C=O) groups excluding carboxylic acids is 1. The highest BCUT2D eigenvalue weighted by atomic mass is 16.6. The first-order valence-corrected chi connectivity index (χ1v) is 7.94. The van der Waals surface area contributed by atoms with E-state index in [2.05, 4.69) is 12.2 Å². The summed E-state index contributed by atoms with van der Waals surface area (Å²) in [6.07, 6.45) is 4.40. The number of nitrogens with zero attached hydrogens (tertiary/aromatic N) is 3. The quantitative estimate of drug-likeness (QED) is 0.323. The zero-order valence-corrected chi connectivity index (χ0v) is 14.0. The average molecular weight is 330 g/mol. The Morgan fingerprint density at radius 3 is 2.62 bits per heavy atom.